The third-order valence-electron chi connectivity index (χ3n) is 1.13. The minimum atomic E-state index is -3.37. The van der Waals surface area contributed by atoms with Crippen molar-refractivity contribution < 1.29 is 18.3 Å². The highest BCUT2D eigenvalue weighted by Gasteiger charge is 2.34. The monoisotopic (exact) mass is 179 g/mol. The van der Waals surface area contributed by atoms with Gasteiger partial charge in [0.2, 0.25) is 5.85 Å². The predicted octanol–water partition coefficient (Wildman–Crippen LogP) is 0.968. The van der Waals surface area contributed by atoms with Crippen LogP contribution < -0.4 is 0 Å². The highest BCUT2D eigenvalue weighted by atomic mass is 31.2. The van der Waals surface area contributed by atoms with E-state index < -0.39 is 13.4 Å². The fourth-order valence-electron chi connectivity index (χ4n) is 0.519. The molecule has 0 rings (SSSR count). The lowest BCUT2D eigenvalue weighted by Gasteiger charge is -2.16. The quantitative estimate of drug-likeness (QED) is 0.601. The fraction of sp³-hybridized carbons (Fsp3) is 0.800. The highest BCUT2D eigenvalue weighted by molar-refractivity contribution is 7.54. The van der Waals surface area contributed by atoms with E-state index in [1.165, 1.54) is 21.3 Å². The molecule has 0 N–H and O–H groups in total. The van der Waals surface area contributed by atoms with E-state index in [0.717, 1.165) is 0 Å². The lowest BCUT2D eigenvalue weighted by molar-refractivity contribution is 0.155. The molecule has 11 heavy (non-hydrogen) atoms. The van der Waals surface area contributed by atoms with Crippen molar-refractivity contribution in [2.75, 3.05) is 21.3 Å². The van der Waals surface area contributed by atoms with Crippen molar-refractivity contribution in [3.8, 4) is 6.07 Å². The summed E-state index contributed by atoms with van der Waals surface area (Å²) < 4.78 is 24.9. The summed E-state index contributed by atoms with van der Waals surface area (Å²) in [6, 6.07) is 1.66. The van der Waals surface area contributed by atoms with Gasteiger partial charge in [0.1, 0.15) is 6.07 Å². The largest absolute Gasteiger partial charge is 0.373 e. The van der Waals surface area contributed by atoms with Gasteiger partial charge in [-0.1, -0.05) is 0 Å². The molecule has 0 radical (unpaired) electrons. The summed E-state index contributed by atoms with van der Waals surface area (Å²) in [5.74, 6) is -1.16. The molecule has 0 aromatic rings. The van der Waals surface area contributed by atoms with Crippen molar-refractivity contribution in [1.82, 2.24) is 0 Å². The van der Waals surface area contributed by atoms with Gasteiger partial charge in [0.15, 0.2) is 0 Å². The summed E-state index contributed by atoms with van der Waals surface area (Å²) in [6.45, 7) is 0. The summed E-state index contributed by atoms with van der Waals surface area (Å²) in [5.41, 5.74) is 0. The molecule has 0 aromatic heterocycles. The lowest BCUT2D eigenvalue weighted by atomic mass is 10.8. The minimum absolute atomic E-state index is 1.16. The van der Waals surface area contributed by atoms with Crippen LogP contribution in [0.1, 0.15) is 0 Å². The topological polar surface area (TPSA) is 68.5 Å². The lowest BCUT2D eigenvalue weighted by Crippen LogP contribution is -2.10. The molecule has 6 heteroatoms. The van der Waals surface area contributed by atoms with Crippen LogP contribution in [0, 0.1) is 11.3 Å². The Bertz CT molecular complexity index is 191. The van der Waals surface area contributed by atoms with Crippen LogP contribution in [-0.2, 0) is 18.3 Å². The van der Waals surface area contributed by atoms with Gasteiger partial charge in [-0.25, -0.2) is 0 Å². The molecular weight excluding hydrogens is 169 g/mol. The molecule has 1 unspecified atom stereocenters. The average molecular weight is 179 g/mol. The third-order valence-corrected chi connectivity index (χ3v) is 3.05. The molecule has 0 heterocycles. The van der Waals surface area contributed by atoms with Crippen molar-refractivity contribution in [3.63, 3.8) is 0 Å². The molecule has 0 saturated carbocycles. The van der Waals surface area contributed by atoms with E-state index in [-0.39, 0.29) is 0 Å². The first kappa shape index (κ1) is 10.6. The maximum absolute atomic E-state index is 11.3. The minimum Gasteiger partial charge on any atom is -0.355 e. The maximum atomic E-state index is 11.3. The Morgan fingerprint density at radius 2 is 1.82 bits per heavy atom. The number of nitrogens with zero attached hydrogens (tertiary/aromatic N) is 1. The summed E-state index contributed by atoms with van der Waals surface area (Å²) in [6.07, 6.45) is 0. The first-order valence-electron chi connectivity index (χ1n) is 2.78. The molecule has 0 saturated heterocycles. The Morgan fingerprint density at radius 3 is 1.91 bits per heavy atom. The van der Waals surface area contributed by atoms with Crippen LogP contribution >= 0.6 is 7.60 Å². The van der Waals surface area contributed by atoms with Crippen LogP contribution in [0.5, 0.6) is 0 Å². The molecule has 0 aliphatic heterocycles. The zero-order valence-electron chi connectivity index (χ0n) is 6.60. The van der Waals surface area contributed by atoms with Gasteiger partial charge in [0, 0.05) is 21.3 Å². The molecule has 1 atom stereocenters. The SMILES string of the molecule is COC(C#N)P(=O)(OC)OC. The molecule has 64 valence electrons. The Kier molecular flexibility index (Phi) is 4.31. The smallest absolute Gasteiger partial charge is 0.355 e. The summed E-state index contributed by atoms with van der Waals surface area (Å²) >= 11 is 0. The number of methoxy groups -OCH3 is 1. The number of hydrogen-bond acceptors (Lipinski definition) is 5. The molecule has 0 aliphatic carbocycles. The molecular formula is C5H10NO4P. The van der Waals surface area contributed by atoms with E-state index in [1.807, 2.05) is 0 Å². The first-order chi connectivity index (χ1) is 5.14. The van der Waals surface area contributed by atoms with Crippen LogP contribution in [0.15, 0.2) is 0 Å². The molecule has 0 aliphatic rings. The van der Waals surface area contributed by atoms with Gasteiger partial charge in [0.05, 0.1) is 0 Å². The van der Waals surface area contributed by atoms with Gasteiger partial charge in [-0.05, 0) is 0 Å². The summed E-state index contributed by atoms with van der Waals surface area (Å²) in [4.78, 5) is 0. The molecule has 0 fully saturated rings. The van der Waals surface area contributed by atoms with Crippen molar-refractivity contribution >= 4 is 7.60 Å². The Hall–Kier alpha value is -0.400. The van der Waals surface area contributed by atoms with Gasteiger partial charge >= 0.3 is 7.60 Å². The van der Waals surface area contributed by atoms with E-state index >= 15 is 0 Å². The zero-order chi connectivity index (χ0) is 8.91. The Labute approximate surface area is 65.4 Å². The fourth-order valence-corrected chi connectivity index (χ4v) is 1.45. The molecule has 0 spiro atoms. The Morgan fingerprint density at radius 1 is 1.36 bits per heavy atom. The second-order valence-electron chi connectivity index (χ2n) is 1.62. The second kappa shape index (κ2) is 4.47. The summed E-state index contributed by atoms with van der Waals surface area (Å²) in [5, 5.41) is 8.42. The van der Waals surface area contributed by atoms with Crippen molar-refractivity contribution in [3.05, 3.63) is 0 Å². The van der Waals surface area contributed by atoms with Gasteiger partial charge in [-0.2, -0.15) is 5.26 Å². The normalized spacial score (nSPS) is 14.0. The van der Waals surface area contributed by atoms with E-state index in [1.54, 1.807) is 6.07 Å². The average Bonchev–Trinajstić information content (AvgIpc) is 2.06. The van der Waals surface area contributed by atoms with Crippen LogP contribution in [0.2, 0.25) is 0 Å². The standard InChI is InChI=1S/C5H10NO4P/c1-8-5(4-6)11(7,9-2)10-3/h5H,1-3H3. The van der Waals surface area contributed by atoms with E-state index in [2.05, 4.69) is 13.8 Å². The number of ether oxygens (including phenoxy) is 1. The predicted molar refractivity (Wildman–Crippen MR) is 38.0 cm³/mol. The van der Waals surface area contributed by atoms with E-state index in [4.69, 9.17) is 5.26 Å². The summed E-state index contributed by atoms with van der Waals surface area (Å²) in [7, 11) is 0.292. The van der Waals surface area contributed by atoms with E-state index in [9.17, 15) is 4.57 Å². The zero-order valence-corrected chi connectivity index (χ0v) is 7.50. The molecule has 0 amide bonds. The van der Waals surface area contributed by atoms with Gasteiger partial charge in [-0.3, -0.25) is 4.57 Å². The Balaban J connectivity index is 4.49. The van der Waals surface area contributed by atoms with Crippen LogP contribution in [0.3, 0.4) is 0 Å². The number of rotatable bonds is 4. The number of nitriles is 1. The third kappa shape index (κ3) is 2.28. The second-order valence-corrected chi connectivity index (χ2v) is 3.90. The van der Waals surface area contributed by atoms with Gasteiger partial charge < -0.3 is 13.8 Å². The maximum Gasteiger partial charge on any atom is 0.373 e. The van der Waals surface area contributed by atoms with Crippen molar-refractivity contribution in [2.24, 2.45) is 0 Å². The first-order valence-corrected chi connectivity index (χ1v) is 4.39. The molecule has 5 nitrogen and oxygen atoms in total. The van der Waals surface area contributed by atoms with Gasteiger partial charge in [-0.15, -0.1) is 0 Å². The van der Waals surface area contributed by atoms with Crippen LogP contribution in [0.25, 0.3) is 0 Å². The molecule has 0 aromatic carbocycles. The van der Waals surface area contributed by atoms with Gasteiger partial charge in [0.25, 0.3) is 0 Å². The highest BCUT2D eigenvalue weighted by Crippen LogP contribution is 2.51. The number of hydrogen-bond donors (Lipinski definition) is 0. The van der Waals surface area contributed by atoms with Crippen LogP contribution in [0.4, 0.5) is 0 Å². The molecule has 0 bridgehead atoms. The van der Waals surface area contributed by atoms with Crippen molar-refractivity contribution in [1.29, 1.82) is 5.26 Å². The van der Waals surface area contributed by atoms with Crippen molar-refractivity contribution in [2.45, 2.75) is 5.85 Å². The van der Waals surface area contributed by atoms with Crippen LogP contribution in [-0.4, -0.2) is 27.2 Å². The van der Waals surface area contributed by atoms with E-state index in [0.29, 0.717) is 0 Å².